The summed E-state index contributed by atoms with van der Waals surface area (Å²) in [6.45, 7) is 0. The second-order valence-corrected chi connectivity index (χ2v) is 4.34. The Bertz CT molecular complexity index is 471. The van der Waals surface area contributed by atoms with Crippen molar-refractivity contribution >= 4 is 17.2 Å². The van der Waals surface area contributed by atoms with Gasteiger partial charge in [-0.05, 0) is 25.0 Å². The molecule has 1 saturated carbocycles. The van der Waals surface area contributed by atoms with Crippen LogP contribution in [0.5, 0.6) is 0 Å². The standard InChI is InChI=1S/C12H14N2O3/c13-8-5-6-9(11(7-8)14(16)17)10-3-1-2-4-12(10)15/h5-7,10H,1-4,13H2. The van der Waals surface area contributed by atoms with Crippen LogP contribution in [0.4, 0.5) is 11.4 Å². The molecular weight excluding hydrogens is 220 g/mol. The lowest BCUT2D eigenvalue weighted by molar-refractivity contribution is -0.385. The van der Waals surface area contributed by atoms with E-state index in [1.54, 1.807) is 12.1 Å². The Kier molecular flexibility index (Phi) is 3.08. The van der Waals surface area contributed by atoms with E-state index in [-0.39, 0.29) is 17.4 Å². The van der Waals surface area contributed by atoms with E-state index in [9.17, 15) is 14.9 Å². The highest BCUT2D eigenvalue weighted by Crippen LogP contribution is 2.35. The predicted octanol–water partition coefficient (Wildman–Crippen LogP) is 2.40. The molecule has 0 aromatic heterocycles. The number of rotatable bonds is 2. The van der Waals surface area contributed by atoms with E-state index in [1.165, 1.54) is 6.07 Å². The lowest BCUT2D eigenvalue weighted by Gasteiger charge is -2.20. The van der Waals surface area contributed by atoms with E-state index in [4.69, 9.17) is 5.73 Å². The molecule has 1 aromatic rings. The molecule has 0 bridgehead atoms. The van der Waals surface area contributed by atoms with Gasteiger partial charge >= 0.3 is 0 Å². The predicted molar refractivity (Wildman–Crippen MR) is 63.7 cm³/mol. The van der Waals surface area contributed by atoms with Crippen LogP contribution in [-0.4, -0.2) is 10.7 Å². The Morgan fingerprint density at radius 3 is 2.76 bits per heavy atom. The second-order valence-electron chi connectivity index (χ2n) is 4.34. The summed E-state index contributed by atoms with van der Waals surface area (Å²) in [4.78, 5) is 22.3. The zero-order valence-electron chi connectivity index (χ0n) is 9.39. The molecule has 0 heterocycles. The molecule has 1 aliphatic rings. The quantitative estimate of drug-likeness (QED) is 0.483. The molecule has 90 valence electrons. The summed E-state index contributed by atoms with van der Waals surface area (Å²) in [6.07, 6.45) is 3.05. The number of anilines is 1. The number of nitro groups is 1. The van der Waals surface area contributed by atoms with Gasteiger partial charge in [-0.25, -0.2) is 0 Å². The smallest absolute Gasteiger partial charge is 0.275 e. The number of benzene rings is 1. The minimum Gasteiger partial charge on any atom is -0.399 e. The molecule has 5 nitrogen and oxygen atoms in total. The van der Waals surface area contributed by atoms with Crippen LogP contribution in [0.2, 0.25) is 0 Å². The number of nitrogens with two attached hydrogens (primary N) is 1. The maximum absolute atomic E-state index is 11.8. The molecule has 2 rings (SSSR count). The summed E-state index contributed by atoms with van der Waals surface area (Å²) >= 11 is 0. The molecule has 0 aliphatic heterocycles. The lowest BCUT2D eigenvalue weighted by Crippen LogP contribution is -2.18. The molecule has 1 atom stereocenters. The van der Waals surface area contributed by atoms with Gasteiger partial charge in [0.25, 0.3) is 5.69 Å². The van der Waals surface area contributed by atoms with Crippen molar-refractivity contribution in [2.75, 3.05) is 5.73 Å². The van der Waals surface area contributed by atoms with Crippen LogP contribution in [0, 0.1) is 10.1 Å². The molecule has 17 heavy (non-hydrogen) atoms. The summed E-state index contributed by atoms with van der Waals surface area (Å²) in [7, 11) is 0. The summed E-state index contributed by atoms with van der Waals surface area (Å²) in [5.41, 5.74) is 6.36. The first kappa shape index (κ1) is 11.6. The van der Waals surface area contributed by atoms with E-state index < -0.39 is 4.92 Å². The Morgan fingerprint density at radius 2 is 2.12 bits per heavy atom. The second kappa shape index (κ2) is 4.53. The zero-order chi connectivity index (χ0) is 12.4. The fraction of sp³-hybridized carbons (Fsp3) is 0.417. The Morgan fingerprint density at radius 1 is 1.35 bits per heavy atom. The lowest BCUT2D eigenvalue weighted by atomic mass is 9.82. The van der Waals surface area contributed by atoms with Crippen molar-refractivity contribution < 1.29 is 9.72 Å². The van der Waals surface area contributed by atoms with Gasteiger partial charge in [-0.3, -0.25) is 14.9 Å². The normalized spacial score (nSPS) is 20.2. The fourth-order valence-electron chi connectivity index (χ4n) is 2.33. The molecule has 2 N–H and O–H groups in total. The van der Waals surface area contributed by atoms with Crippen LogP contribution in [0.3, 0.4) is 0 Å². The maximum Gasteiger partial charge on any atom is 0.275 e. The van der Waals surface area contributed by atoms with Crippen LogP contribution in [0.25, 0.3) is 0 Å². The average molecular weight is 234 g/mol. The molecular formula is C12H14N2O3. The first-order chi connectivity index (χ1) is 8.09. The first-order valence-corrected chi connectivity index (χ1v) is 5.66. The van der Waals surface area contributed by atoms with Crippen molar-refractivity contribution in [3.8, 4) is 0 Å². The molecule has 1 aromatic carbocycles. The van der Waals surface area contributed by atoms with Crippen LogP contribution < -0.4 is 5.73 Å². The SMILES string of the molecule is Nc1ccc(C2CCCCC2=O)c([N+](=O)[O-])c1. The Balaban J connectivity index is 2.43. The zero-order valence-corrected chi connectivity index (χ0v) is 9.39. The number of carbonyl (C=O) groups is 1. The van der Waals surface area contributed by atoms with Gasteiger partial charge in [0.15, 0.2) is 0 Å². The number of Topliss-reactive ketones (excluding diaryl/α,β-unsaturated/α-hetero) is 1. The van der Waals surface area contributed by atoms with Crippen molar-refractivity contribution in [2.24, 2.45) is 0 Å². The van der Waals surface area contributed by atoms with Gasteiger partial charge < -0.3 is 5.73 Å². The van der Waals surface area contributed by atoms with Crippen molar-refractivity contribution in [1.29, 1.82) is 0 Å². The molecule has 1 aliphatic carbocycles. The molecule has 0 radical (unpaired) electrons. The average Bonchev–Trinajstić information content (AvgIpc) is 2.30. The molecule has 0 spiro atoms. The van der Waals surface area contributed by atoms with Gasteiger partial charge in [0.1, 0.15) is 5.78 Å². The molecule has 5 heteroatoms. The third kappa shape index (κ3) is 2.27. The summed E-state index contributed by atoms with van der Waals surface area (Å²) < 4.78 is 0. The molecule has 1 unspecified atom stereocenters. The van der Waals surface area contributed by atoms with E-state index >= 15 is 0 Å². The van der Waals surface area contributed by atoms with Crippen LogP contribution >= 0.6 is 0 Å². The van der Waals surface area contributed by atoms with Crippen molar-refractivity contribution in [1.82, 2.24) is 0 Å². The van der Waals surface area contributed by atoms with Gasteiger partial charge in [-0.1, -0.05) is 6.42 Å². The third-order valence-corrected chi connectivity index (χ3v) is 3.18. The highest BCUT2D eigenvalue weighted by Gasteiger charge is 2.29. The molecule has 0 amide bonds. The number of nitrogen functional groups attached to an aromatic ring is 1. The monoisotopic (exact) mass is 234 g/mol. The largest absolute Gasteiger partial charge is 0.399 e. The first-order valence-electron chi connectivity index (χ1n) is 5.66. The molecule has 1 fully saturated rings. The van der Waals surface area contributed by atoms with Crippen LogP contribution in [0.15, 0.2) is 18.2 Å². The maximum atomic E-state index is 11.8. The highest BCUT2D eigenvalue weighted by atomic mass is 16.6. The van der Waals surface area contributed by atoms with E-state index in [2.05, 4.69) is 0 Å². The van der Waals surface area contributed by atoms with Gasteiger partial charge in [-0.15, -0.1) is 0 Å². The van der Waals surface area contributed by atoms with Crippen molar-refractivity contribution in [3.05, 3.63) is 33.9 Å². The summed E-state index contributed by atoms with van der Waals surface area (Å²) in [5, 5.41) is 11.0. The number of ketones is 1. The number of hydrogen-bond donors (Lipinski definition) is 1. The minimum absolute atomic E-state index is 0.0368. The van der Waals surface area contributed by atoms with E-state index in [0.717, 1.165) is 12.8 Å². The third-order valence-electron chi connectivity index (χ3n) is 3.18. The van der Waals surface area contributed by atoms with Gasteiger partial charge in [-0.2, -0.15) is 0 Å². The van der Waals surface area contributed by atoms with Gasteiger partial charge in [0, 0.05) is 29.7 Å². The highest BCUT2D eigenvalue weighted by molar-refractivity contribution is 5.87. The number of hydrogen-bond acceptors (Lipinski definition) is 4. The topological polar surface area (TPSA) is 86.2 Å². The number of carbonyl (C=O) groups excluding carboxylic acids is 1. The Labute approximate surface area is 98.8 Å². The number of nitro benzene ring substituents is 1. The van der Waals surface area contributed by atoms with Gasteiger partial charge in [0.2, 0.25) is 0 Å². The van der Waals surface area contributed by atoms with Crippen molar-refractivity contribution in [3.63, 3.8) is 0 Å². The van der Waals surface area contributed by atoms with E-state index in [1.807, 2.05) is 0 Å². The van der Waals surface area contributed by atoms with Gasteiger partial charge in [0.05, 0.1) is 4.92 Å². The number of nitrogens with zero attached hydrogens (tertiary/aromatic N) is 1. The van der Waals surface area contributed by atoms with Crippen LogP contribution in [0.1, 0.15) is 37.2 Å². The van der Waals surface area contributed by atoms with E-state index in [0.29, 0.717) is 24.1 Å². The summed E-state index contributed by atoms with van der Waals surface area (Å²) in [5.74, 6) is -0.228. The molecule has 0 saturated heterocycles. The van der Waals surface area contributed by atoms with Crippen molar-refractivity contribution in [2.45, 2.75) is 31.6 Å². The minimum atomic E-state index is -0.465. The Hall–Kier alpha value is -1.91. The summed E-state index contributed by atoms with van der Waals surface area (Å²) in [6, 6.07) is 4.56. The fourth-order valence-corrected chi connectivity index (χ4v) is 2.33. The van der Waals surface area contributed by atoms with Crippen LogP contribution in [-0.2, 0) is 4.79 Å².